The summed E-state index contributed by atoms with van der Waals surface area (Å²) >= 11 is 3.09. The Morgan fingerprint density at radius 3 is 2.86 bits per heavy atom. The van der Waals surface area contributed by atoms with Crippen LogP contribution >= 0.6 is 15.9 Å². The van der Waals surface area contributed by atoms with Crippen LogP contribution in [0, 0.1) is 10.1 Å². The van der Waals surface area contributed by atoms with Crippen molar-refractivity contribution in [1.29, 1.82) is 0 Å². The van der Waals surface area contributed by atoms with Crippen molar-refractivity contribution in [2.75, 3.05) is 0 Å². The van der Waals surface area contributed by atoms with Crippen molar-refractivity contribution in [2.24, 2.45) is 0 Å². The van der Waals surface area contributed by atoms with E-state index in [1.807, 2.05) is 0 Å². The average molecular weight is 258 g/mol. The summed E-state index contributed by atoms with van der Waals surface area (Å²) < 4.78 is 5.07. The number of rotatable bonds is 1. The summed E-state index contributed by atoms with van der Waals surface area (Å²) in [6, 6.07) is 2.70. The van der Waals surface area contributed by atoms with Crippen LogP contribution < -0.4 is 0 Å². The molecule has 0 fully saturated rings. The molecule has 1 aliphatic rings. The number of nitrogens with zero attached hydrogens (tertiary/aromatic N) is 1. The van der Waals surface area contributed by atoms with E-state index in [-0.39, 0.29) is 12.3 Å². The Morgan fingerprint density at radius 2 is 2.21 bits per heavy atom. The number of nitro groups is 1. The number of carbonyl (C=O) groups is 1. The lowest BCUT2D eigenvalue weighted by molar-refractivity contribution is -0.385. The molecular weight excluding hydrogens is 254 g/mol. The number of halogens is 1. The molecule has 0 aliphatic carbocycles. The van der Waals surface area contributed by atoms with E-state index in [0.717, 1.165) is 0 Å². The molecule has 2 rings (SSSR count). The van der Waals surface area contributed by atoms with E-state index in [1.54, 1.807) is 0 Å². The Balaban J connectivity index is 2.64. The molecule has 1 aliphatic heterocycles. The van der Waals surface area contributed by atoms with Gasteiger partial charge in [0.1, 0.15) is 11.1 Å². The number of fused-ring (bicyclic) bond motifs is 1. The third-order valence-corrected chi connectivity index (χ3v) is 2.87. The lowest BCUT2D eigenvalue weighted by Gasteiger charge is -1.98. The molecule has 0 radical (unpaired) electrons. The molecule has 1 heterocycles. The Kier molecular flexibility index (Phi) is 1.99. The minimum Gasteiger partial charge on any atom is -0.457 e. The predicted octanol–water partition coefficient (Wildman–Crippen LogP) is 2.03. The molecule has 0 N–H and O–H groups in total. The van der Waals surface area contributed by atoms with Gasteiger partial charge in [0.05, 0.1) is 10.5 Å². The number of esters is 1. The Morgan fingerprint density at radius 1 is 1.50 bits per heavy atom. The zero-order chi connectivity index (χ0) is 10.3. The Hall–Kier alpha value is -1.43. The summed E-state index contributed by atoms with van der Waals surface area (Å²) in [6.07, 6.45) is 0. The van der Waals surface area contributed by atoms with Crippen LogP contribution in [-0.2, 0) is 11.3 Å². The second kappa shape index (κ2) is 3.06. The monoisotopic (exact) mass is 257 g/mol. The highest BCUT2D eigenvalue weighted by Crippen LogP contribution is 2.34. The van der Waals surface area contributed by atoms with Crippen molar-refractivity contribution in [1.82, 2.24) is 0 Å². The third-order valence-electron chi connectivity index (χ3n) is 1.99. The fourth-order valence-electron chi connectivity index (χ4n) is 1.30. The van der Waals surface area contributed by atoms with Crippen molar-refractivity contribution < 1.29 is 14.5 Å². The van der Waals surface area contributed by atoms with E-state index < -0.39 is 10.9 Å². The van der Waals surface area contributed by atoms with Gasteiger partial charge in [0.2, 0.25) is 0 Å². The minimum absolute atomic E-state index is 0.0537. The standard InChI is InChI=1S/C8H4BrNO4/c9-7-5-3-14-8(11)4(5)1-2-6(7)10(12)13/h1-2H,3H2. The second-order valence-corrected chi connectivity index (χ2v) is 3.55. The molecule has 0 amide bonds. The molecule has 5 nitrogen and oxygen atoms in total. The maximum absolute atomic E-state index is 11.1. The zero-order valence-electron chi connectivity index (χ0n) is 6.82. The topological polar surface area (TPSA) is 69.4 Å². The zero-order valence-corrected chi connectivity index (χ0v) is 8.41. The first-order valence-electron chi connectivity index (χ1n) is 3.74. The molecule has 1 aromatic carbocycles. The molecule has 1 aromatic rings. The first kappa shape index (κ1) is 9.14. The van der Waals surface area contributed by atoms with Crippen LogP contribution in [0.5, 0.6) is 0 Å². The molecule has 0 spiro atoms. The Bertz CT molecular complexity index is 443. The third kappa shape index (κ3) is 1.19. The van der Waals surface area contributed by atoms with E-state index in [1.165, 1.54) is 12.1 Å². The summed E-state index contributed by atoms with van der Waals surface area (Å²) in [6.45, 7) is 0.0937. The van der Waals surface area contributed by atoms with Crippen molar-refractivity contribution in [3.8, 4) is 0 Å². The largest absolute Gasteiger partial charge is 0.457 e. The van der Waals surface area contributed by atoms with Gasteiger partial charge >= 0.3 is 5.97 Å². The molecular formula is C8H4BrNO4. The molecule has 0 bridgehead atoms. The maximum atomic E-state index is 11.1. The summed E-state index contributed by atoms with van der Waals surface area (Å²) in [5.41, 5.74) is 0.883. The van der Waals surface area contributed by atoms with E-state index in [0.29, 0.717) is 15.6 Å². The van der Waals surface area contributed by atoms with Gasteiger partial charge in [-0.2, -0.15) is 0 Å². The lowest BCUT2D eigenvalue weighted by Crippen LogP contribution is -1.96. The van der Waals surface area contributed by atoms with Gasteiger partial charge in [0, 0.05) is 11.6 Å². The summed E-state index contributed by atoms with van der Waals surface area (Å²) in [7, 11) is 0. The van der Waals surface area contributed by atoms with Gasteiger partial charge in [-0.1, -0.05) is 0 Å². The Labute approximate surface area is 87.0 Å². The van der Waals surface area contributed by atoms with E-state index in [9.17, 15) is 14.9 Å². The van der Waals surface area contributed by atoms with Crippen molar-refractivity contribution in [3.05, 3.63) is 37.8 Å². The molecule has 72 valence electrons. The van der Waals surface area contributed by atoms with Gasteiger partial charge in [-0.05, 0) is 22.0 Å². The number of cyclic esters (lactones) is 1. The highest BCUT2D eigenvalue weighted by atomic mass is 79.9. The van der Waals surface area contributed by atoms with Gasteiger partial charge in [-0.3, -0.25) is 10.1 Å². The van der Waals surface area contributed by atoms with Gasteiger partial charge in [-0.25, -0.2) is 4.79 Å². The fourth-order valence-corrected chi connectivity index (χ4v) is 1.90. The van der Waals surface area contributed by atoms with Crippen LogP contribution in [0.1, 0.15) is 15.9 Å². The molecule has 6 heteroatoms. The van der Waals surface area contributed by atoms with Gasteiger partial charge in [0.15, 0.2) is 0 Å². The number of hydrogen-bond donors (Lipinski definition) is 0. The lowest BCUT2D eigenvalue weighted by atomic mass is 10.1. The van der Waals surface area contributed by atoms with E-state index >= 15 is 0 Å². The van der Waals surface area contributed by atoms with Crippen molar-refractivity contribution in [2.45, 2.75) is 6.61 Å². The van der Waals surface area contributed by atoms with Crippen LogP contribution in [0.15, 0.2) is 16.6 Å². The van der Waals surface area contributed by atoms with Crippen LogP contribution in [0.2, 0.25) is 0 Å². The minimum atomic E-state index is -0.507. The maximum Gasteiger partial charge on any atom is 0.338 e. The number of hydrogen-bond acceptors (Lipinski definition) is 4. The summed E-state index contributed by atoms with van der Waals surface area (Å²) in [4.78, 5) is 21.1. The first-order chi connectivity index (χ1) is 6.61. The van der Waals surface area contributed by atoms with Crippen LogP contribution in [-0.4, -0.2) is 10.9 Å². The fraction of sp³-hybridized carbons (Fsp3) is 0.125. The van der Waals surface area contributed by atoms with Gasteiger partial charge in [0.25, 0.3) is 5.69 Å². The van der Waals surface area contributed by atoms with Crippen LogP contribution in [0.4, 0.5) is 5.69 Å². The number of benzene rings is 1. The smallest absolute Gasteiger partial charge is 0.338 e. The second-order valence-electron chi connectivity index (χ2n) is 2.76. The molecule has 0 unspecified atom stereocenters. The van der Waals surface area contributed by atoms with Crippen LogP contribution in [0.25, 0.3) is 0 Å². The predicted molar refractivity (Wildman–Crippen MR) is 49.9 cm³/mol. The average Bonchev–Trinajstić information content (AvgIpc) is 2.49. The van der Waals surface area contributed by atoms with Gasteiger partial charge < -0.3 is 4.74 Å². The van der Waals surface area contributed by atoms with Crippen molar-refractivity contribution in [3.63, 3.8) is 0 Å². The summed E-state index contributed by atoms with van der Waals surface area (Å²) in [5.74, 6) is -0.435. The molecule has 14 heavy (non-hydrogen) atoms. The summed E-state index contributed by atoms with van der Waals surface area (Å²) in [5, 5.41) is 10.6. The normalized spacial score (nSPS) is 13.6. The number of nitro benzene ring substituents is 1. The molecule has 0 aromatic heterocycles. The molecule has 0 saturated heterocycles. The quantitative estimate of drug-likeness (QED) is 0.439. The SMILES string of the molecule is O=C1OCc2c1ccc([N+](=O)[O-])c2Br. The number of carbonyl (C=O) groups excluding carboxylic acids is 1. The highest BCUT2D eigenvalue weighted by Gasteiger charge is 2.28. The van der Waals surface area contributed by atoms with Crippen molar-refractivity contribution >= 4 is 27.6 Å². The first-order valence-corrected chi connectivity index (χ1v) is 4.53. The van der Waals surface area contributed by atoms with E-state index in [4.69, 9.17) is 4.74 Å². The number of ether oxygens (including phenoxy) is 1. The van der Waals surface area contributed by atoms with E-state index in [2.05, 4.69) is 15.9 Å². The molecule has 0 saturated carbocycles. The highest BCUT2D eigenvalue weighted by molar-refractivity contribution is 9.10. The van der Waals surface area contributed by atoms with Gasteiger partial charge in [-0.15, -0.1) is 0 Å². The molecule has 0 atom stereocenters. The van der Waals surface area contributed by atoms with Crippen LogP contribution in [0.3, 0.4) is 0 Å².